The van der Waals surface area contributed by atoms with Gasteiger partial charge in [0.05, 0.1) is 25.2 Å². The van der Waals surface area contributed by atoms with Gasteiger partial charge in [-0.1, -0.05) is 20.8 Å². The van der Waals surface area contributed by atoms with E-state index in [0.29, 0.717) is 30.5 Å². The summed E-state index contributed by atoms with van der Waals surface area (Å²) in [6, 6.07) is 2.89. The molecule has 1 unspecified atom stereocenters. The zero-order valence-electron chi connectivity index (χ0n) is 16.7. The summed E-state index contributed by atoms with van der Waals surface area (Å²) in [4.78, 5) is 0. The fourth-order valence-electron chi connectivity index (χ4n) is 3.46. The number of nitriles is 1. The highest BCUT2D eigenvalue weighted by Crippen LogP contribution is 2.50. The van der Waals surface area contributed by atoms with Gasteiger partial charge in [-0.05, 0) is 64.7 Å². The summed E-state index contributed by atoms with van der Waals surface area (Å²) in [7, 11) is -1.10. The molecule has 1 rings (SSSR count). The average Bonchev–Trinajstić information content (AvgIpc) is 2.46. The zero-order chi connectivity index (χ0) is 18.3. The van der Waals surface area contributed by atoms with Crippen molar-refractivity contribution < 1.29 is 9.05 Å². The van der Waals surface area contributed by atoms with Gasteiger partial charge in [0.25, 0.3) is 8.53 Å². The third-order valence-electron chi connectivity index (χ3n) is 4.80. The monoisotopic (exact) mass is 356 g/mol. The Morgan fingerprint density at radius 1 is 1.08 bits per heavy atom. The molecular formula is C19H37N2O2P. The largest absolute Gasteiger partial charge is 0.321 e. The van der Waals surface area contributed by atoms with E-state index in [2.05, 4.69) is 59.2 Å². The second kappa shape index (κ2) is 10.1. The molecule has 1 saturated carbocycles. The van der Waals surface area contributed by atoms with Crippen LogP contribution in [0.2, 0.25) is 0 Å². The van der Waals surface area contributed by atoms with Crippen LogP contribution < -0.4 is 0 Å². The van der Waals surface area contributed by atoms with Gasteiger partial charge in [0.1, 0.15) is 0 Å². The Balaban J connectivity index is 2.66. The molecule has 4 nitrogen and oxygen atoms in total. The maximum Gasteiger partial charge on any atom is 0.259 e. The van der Waals surface area contributed by atoms with E-state index in [1.165, 1.54) is 12.8 Å². The van der Waals surface area contributed by atoms with Crippen molar-refractivity contribution in [2.45, 2.75) is 98.8 Å². The Bertz CT molecular complexity index is 385. The van der Waals surface area contributed by atoms with Crippen LogP contribution in [-0.2, 0) is 9.05 Å². The maximum atomic E-state index is 8.79. The van der Waals surface area contributed by atoms with Gasteiger partial charge < -0.3 is 9.05 Å². The smallest absolute Gasteiger partial charge is 0.259 e. The van der Waals surface area contributed by atoms with Gasteiger partial charge >= 0.3 is 0 Å². The summed E-state index contributed by atoms with van der Waals surface area (Å²) in [5, 5.41) is 8.79. The second-order valence-electron chi connectivity index (χ2n) is 8.49. The van der Waals surface area contributed by atoms with Crippen LogP contribution in [0.3, 0.4) is 0 Å². The van der Waals surface area contributed by atoms with E-state index in [1.54, 1.807) is 0 Å². The molecule has 0 aromatic carbocycles. The molecule has 1 fully saturated rings. The number of hydrogen-bond acceptors (Lipinski definition) is 4. The maximum absolute atomic E-state index is 8.79. The van der Waals surface area contributed by atoms with Crippen molar-refractivity contribution in [3.63, 3.8) is 0 Å². The molecule has 0 saturated heterocycles. The molecule has 0 amide bonds. The topological polar surface area (TPSA) is 45.5 Å². The van der Waals surface area contributed by atoms with Gasteiger partial charge in [-0.2, -0.15) is 5.26 Å². The molecule has 1 aliphatic rings. The van der Waals surface area contributed by atoms with Gasteiger partial charge in [-0.3, -0.25) is 0 Å². The lowest BCUT2D eigenvalue weighted by molar-refractivity contribution is 0.0687. The third-order valence-corrected chi connectivity index (χ3v) is 6.98. The van der Waals surface area contributed by atoms with Crippen molar-refractivity contribution in [1.82, 2.24) is 4.67 Å². The Hall–Kier alpha value is -0.200. The number of rotatable bonds is 8. The van der Waals surface area contributed by atoms with Crippen LogP contribution in [0.5, 0.6) is 0 Å². The van der Waals surface area contributed by atoms with Crippen LogP contribution >= 0.6 is 8.53 Å². The van der Waals surface area contributed by atoms with Crippen molar-refractivity contribution in [2.75, 3.05) is 6.61 Å². The van der Waals surface area contributed by atoms with Crippen molar-refractivity contribution in [1.29, 1.82) is 5.26 Å². The summed E-state index contributed by atoms with van der Waals surface area (Å²) in [5.41, 5.74) is 0.390. The molecule has 0 aromatic rings. The molecule has 0 heterocycles. The molecule has 0 N–H and O–H groups in total. The first-order valence-corrected chi connectivity index (χ1v) is 10.5. The van der Waals surface area contributed by atoms with Gasteiger partial charge in [0, 0.05) is 12.1 Å². The Morgan fingerprint density at radius 2 is 1.62 bits per heavy atom. The normalized spacial score (nSPS) is 23.7. The van der Waals surface area contributed by atoms with E-state index in [-0.39, 0.29) is 6.10 Å². The van der Waals surface area contributed by atoms with E-state index in [9.17, 15) is 0 Å². The van der Waals surface area contributed by atoms with Gasteiger partial charge in [-0.25, -0.2) is 4.67 Å². The number of nitrogens with zero attached hydrogens (tertiary/aromatic N) is 2. The fraction of sp³-hybridized carbons (Fsp3) is 0.947. The molecule has 1 atom stereocenters. The summed E-state index contributed by atoms with van der Waals surface area (Å²) in [6.07, 6.45) is 5.41. The quantitative estimate of drug-likeness (QED) is 0.402. The molecule has 140 valence electrons. The lowest BCUT2D eigenvalue weighted by Crippen LogP contribution is -2.35. The van der Waals surface area contributed by atoms with Crippen molar-refractivity contribution in [2.24, 2.45) is 11.3 Å². The lowest BCUT2D eigenvalue weighted by atomic mass is 9.72. The van der Waals surface area contributed by atoms with E-state index in [0.717, 1.165) is 18.8 Å². The fourth-order valence-corrected chi connectivity index (χ4v) is 5.23. The summed E-state index contributed by atoms with van der Waals surface area (Å²) in [6.45, 7) is 16.2. The van der Waals surface area contributed by atoms with Crippen molar-refractivity contribution in [3.05, 3.63) is 0 Å². The van der Waals surface area contributed by atoms with Crippen LogP contribution in [0.4, 0.5) is 0 Å². The first-order valence-electron chi connectivity index (χ1n) is 9.41. The van der Waals surface area contributed by atoms with Crippen molar-refractivity contribution in [3.8, 4) is 6.07 Å². The van der Waals surface area contributed by atoms with E-state index >= 15 is 0 Å². The summed E-state index contributed by atoms with van der Waals surface area (Å²) < 4.78 is 14.8. The molecule has 0 bridgehead atoms. The molecule has 24 heavy (non-hydrogen) atoms. The molecule has 0 radical (unpaired) electrons. The minimum absolute atomic E-state index is 0.289. The lowest BCUT2D eigenvalue weighted by Gasteiger charge is -2.40. The zero-order valence-corrected chi connectivity index (χ0v) is 17.6. The Kier molecular flexibility index (Phi) is 9.17. The Labute approximate surface area is 150 Å². The highest BCUT2D eigenvalue weighted by molar-refractivity contribution is 7.44. The van der Waals surface area contributed by atoms with Gasteiger partial charge in [0.15, 0.2) is 0 Å². The summed E-state index contributed by atoms with van der Waals surface area (Å²) >= 11 is 0. The summed E-state index contributed by atoms with van der Waals surface area (Å²) in [5.74, 6) is 0.786. The SMILES string of the molecule is CC(C)N(C(C)C)P(OCCC#N)O[C@H]1CC[C@@H](C(C)(C)C)CC1. The van der Waals surface area contributed by atoms with Crippen LogP contribution in [0, 0.1) is 22.7 Å². The van der Waals surface area contributed by atoms with E-state index in [4.69, 9.17) is 14.3 Å². The standard InChI is InChI=1S/C19H37N2O2P/c1-15(2)21(16(3)4)24(22-14-8-13-20)23-18-11-9-17(10-12-18)19(5,6)7/h15-18H,8-12,14H2,1-7H3/t17-,18+,24?. The second-order valence-corrected chi connectivity index (χ2v) is 9.90. The minimum atomic E-state index is -1.10. The van der Waals surface area contributed by atoms with E-state index in [1.807, 2.05) is 0 Å². The molecule has 1 aliphatic carbocycles. The van der Waals surface area contributed by atoms with Gasteiger partial charge in [0.2, 0.25) is 0 Å². The predicted molar refractivity (Wildman–Crippen MR) is 101 cm³/mol. The minimum Gasteiger partial charge on any atom is -0.321 e. The van der Waals surface area contributed by atoms with Crippen molar-refractivity contribution >= 4 is 8.53 Å². The molecule has 5 heteroatoms. The predicted octanol–water partition coefficient (Wildman–Crippen LogP) is 5.88. The molecule has 0 aromatic heterocycles. The third kappa shape index (κ3) is 6.96. The molecule has 0 aliphatic heterocycles. The van der Waals surface area contributed by atoms with Crippen LogP contribution in [-0.4, -0.2) is 29.5 Å². The highest BCUT2D eigenvalue weighted by Gasteiger charge is 2.34. The first kappa shape index (κ1) is 21.8. The molecule has 0 spiro atoms. The van der Waals surface area contributed by atoms with Crippen LogP contribution in [0.25, 0.3) is 0 Å². The molecular weight excluding hydrogens is 319 g/mol. The average molecular weight is 356 g/mol. The first-order chi connectivity index (χ1) is 11.2. The van der Waals surface area contributed by atoms with Crippen LogP contribution in [0.1, 0.15) is 80.6 Å². The van der Waals surface area contributed by atoms with Crippen LogP contribution in [0.15, 0.2) is 0 Å². The highest BCUT2D eigenvalue weighted by atomic mass is 31.2. The van der Waals surface area contributed by atoms with E-state index < -0.39 is 8.53 Å². The Morgan fingerprint density at radius 3 is 2.04 bits per heavy atom. The van der Waals surface area contributed by atoms with Gasteiger partial charge in [-0.15, -0.1) is 0 Å². The number of hydrogen-bond donors (Lipinski definition) is 0.